The van der Waals surface area contributed by atoms with E-state index in [0.29, 0.717) is 19.5 Å². The molecule has 0 unspecified atom stereocenters. The maximum Gasteiger partial charge on any atom is 0.228 e. The highest BCUT2D eigenvalue weighted by atomic mass is 16.2. The predicted octanol–water partition coefficient (Wildman–Crippen LogP) is 4.27. The summed E-state index contributed by atoms with van der Waals surface area (Å²) in [6.07, 6.45) is 11.6. The Labute approximate surface area is 190 Å². The first-order chi connectivity index (χ1) is 15.7. The number of rotatable bonds is 8. The lowest BCUT2D eigenvalue weighted by Crippen LogP contribution is -2.53. The second-order valence-electron chi connectivity index (χ2n) is 8.53. The molecule has 1 aromatic carbocycles. The largest absolute Gasteiger partial charge is 0.352 e. The molecular formula is C27H30N4O. The van der Waals surface area contributed by atoms with Gasteiger partial charge in [-0.1, -0.05) is 42.5 Å². The Hall–Kier alpha value is -3.31. The summed E-state index contributed by atoms with van der Waals surface area (Å²) >= 11 is 0. The number of carbonyl (C=O) groups excluding carboxylic acids is 1. The Bertz CT molecular complexity index is 1040. The zero-order valence-electron chi connectivity index (χ0n) is 18.4. The van der Waals surface area contributed by atoms with Gasteiger partial charge in [0.15, 0.2) is 0 Å². The molecule has 5 heteroatoms. The molecule has 0 radical (unpaired) electrons. The molecule has 1 amide bonds. The third-order valence-electron chi connectivity index (χ3n) is 6.19. The lowest BCUT2D eigenvalue weighted by atomic mass is 9.73. The highest BCUT2D eigenvalue weighted by molar-refractivity contribution is 5.84. The summed E-state index contributed by atoms with van der Waals surface area (Å²) in [6.45, 7) is 6.75. The number of nitrogens with one attached hydrogen (secondary N) is 1. The van der Waals surface area contributed by atoms with Crippen LogP contribution in [0, 0.1) is 5.41 Å². The summed E-state index contributed by atoms with van der Waals surface area (Å²) in [4.78, 5) is 24.5. The number of nitrogens with zero attached hydrogens (tertiary/aromatic N) is 3. The van der Waals surface area contributed by atoms with Gasteiger partial charge in [-0.05, 0) is 54.6 Å². The number of pyridine rings is 2. The van der Waals surface area contributed by atoms with Gasteiger partial charge in [0.2, 0.25) is 5.91 Å². The van der Waals surface area contributed by atoms with E-state index in [1.807, 2.05) is 30.6 Å². The molecule has 0 spiro atoms. The summed E-state index contributed by atoms with van der Waals surface area (Å²) in [7, 11) is 0. The summed E-state index contributed by atoms with van der Waals surface area (Å²) in [6, 6.07) is 16.5. The molecule has 164 valence electrons. The van der Waals surface area contributed by atoms with Crippen molar-refractivity contribution in [2.24, 2.45) is 5.41 Å². The number of aromatic nitrogens is 2. The van der Waals surface area contributed by atoms with E-state index in [1.54, 1.807) is 18.5 Å². The van der Waals surface area contributed by atoms with E-state index in [9.17, 15) is 4.79 Å². The van der Waals surface area contributed by atoms with E-state index in [-0.39, 0.29) is 5.91 Å². The number of piperidine rings is 1. The van der Waals surface area contributed by atoms with Gasteiger partial charge in [-0.3, -0.25) is 19.7 Å². The first kappa shape index (κ1) is 21.9. The fourth-order valence-electron chi connectivity index (χ4n) is 4.72. The average Bonchev–Trinajstić information content (AvgIpc) is 2.84. The van der Waals surface area contributed by atoms with Crippen molar-refractivity contribution < 1.29 is 4.79 Å². The van der Waals surface area contributed by atoms with Crippen LogP contribution in [-0.4, -0.2) is 40.4 Å². The van der Waals surface area contributed by atoms with Gasteiger partial charge in [-0.2, -0.15) is 0 Å². The standard InChI is InChI=1S/C27H30N4O/c1-2-13-30-26(32)27(12-7-16-31(21-27)20-22-8-5-14-28-18-22)17-23-9-3-4-11-25(23)24-10-6-15-29-19-24/h2-6,8-11,14-15,18-19H,1,7,12-13,16-17,20-21H2,(H,30,32)/t27-/m1/s1. The normalized spacial score (nSPS) is 18.8. The van der Waals surface area contributed by atoms with E-state index in [1.165, 1.54) is 11.1 Å². The number of carbonyl (C=O) groups is 1. The van der Waals surface area contributed by atoms with Crippen LogP contribution in [0.15, 0.2) is 86.0 Å². The molecule has 32 heavy (non-hydrogen) atoms. The van der Waals surface area contributed by atoms with E-state index in [2.05, 4.69) is 57.1 Å². The highest BCUT2D eigenvalue weighted by Crippen LogP contribution is 2.37. The van der Waals surface area contributed by atoms with Gasteiger partial charge in [0.05, 0.1) is 5.41 Å². The zero-order valence-corrected chi connectivity index (χ0v) is 18.4. The van der Waals surface area contributed by atoms with Crippen molar-refractivity contribution in [1.82, 2.24) is 20.2 Å². The van der Waals surface area contributed by atoms with Gasteiger partial charge >= 0.3 is 0 Å². The molecule has 5 nitrogen and oxygen atoms in total. The number of benzene rings is 1. The first-order valence-corrected chi connectivity index (χ1v) is 11.2. The summed E-state index contributed by atoms with van der Waals surface area (Å²) in [5.41, 5.74) is 4.07. The molecular weight excluding hydrogens is 396 g/mol. The summed E-state index contributed by atoms with van der Waals surface area (Å²) in [5, 5.41) is 3.10. The smallest absolute Gasteiger partial charge is 0.228 e. The second-order valence-corrected chi connectivity index (χ2v) is 8.53. The van der Waals surface area contributed by atoms with Gasteiger partial charge in [0.1, 0.15) is 0 Å². The van der Waals surface area contributed by atoms with Crippen molar-refractivity contribution in [1.29, 1.82) is 0 Å². The van der Waals surface area contributed by atoms with Crippen LogP contribution in [0.1, 0.15) is 24.0 Å². The minimum absolute atomic E-state index is 0.106. The fourth-order valence-corrected chi connectivity index (χ4v) is 4.72. The van der Waals surface area contributed by atoms with Crippen molar-refractivity contribution in [3.05, 3.63) is 97.1 Å². The summed E-state index contributed by atoms with van der Waals surface area (Å²) < 4.78 is 0. The van der Waals surface area contributed by atoms with Crippen LogP contribution in [0.4, 0.5) is 0 Å². The maximum atomic E-state index is 13.5. The highest BCUT2D eigenvalue weighted by Gasteiger charge is 2.42. The van der Waals surface area contributed by atoms with Gasteiger partial charge in [-0.25, -0.2) is 0 Å². The van der Waals surface area contributed by atoms with Crippen LogP contribution >= 0.6 is 0 Å². The molecule has 2 aromatic heterocycles. The first-order valence-electron chi connectivity index (χ1n) is 11.2. The van der Waals surface area contributed by atoms with Crippen LogP contribution in [0.3, 0.4) is 0 Å². The van der Waals surface area contributed by atoms with Crippen LogP contribution < -0.4 is 5.32 Å². The molecule has 0 saturated carbocycles. The third kappa shape index (κ3) is 5.11. The zero-order chi connectivity index (χ0) is 22.2. The van der Waals surface area contributed by atoms with Crippen LogP contribution in [0.25, 0.3) is 11.1 Å². The second kappa shape index (κ2) is 10.3. The van der Waals surface area contributed by atoms with E-state index in [0.717, 1.165) is 37.1 Å². The minimum atomic E-state index is -0.498. The molecule has 3 aromatic rings. The molecule has 0 aliphatic carbocycles. The van der Waals surface area contributed by atoms with E-state index in [4.69, 9.17) is 0 Å². The maximum absolute atomic E-state index is 13.5. The molecule has 0 bridgehead atoms. The number of likely N-dealkylation sites (tertiary alicyclic amines) is 1. The molecule has 1 saturated heterocycles. The molecule has 1 aliphatic rings. The number of hydrogen-bond acceptors (Lipinski definition) is 4. The van der Waals surface area contributed by atoms with Crippen molar-refractivity contribution >= 4 is 5.91 Å². The Kier molecular flexibility index (Phi) is 7.07. The van der Waals surface area contributed by atoms with Gasteiger partial charge in [0, 0.05) is 50.0 Å². The number of amides is 1. The SMILES string of the molecule is C=CCNC(=O)[C@@]1(Cc2ccccc2-c2cccnc2)CCCN(Cc2cccnc2)C1. The third-order valence-corrected chi connectivity index (χ3v) is 6.19. The Balaban J connectivity index is 1.64. The van der Waals surface area contributed by atoms with Gasteiger partial charge in [-0.15, -0.1) is 6.58 Å². The minimum Gasteiger partial charge on any atom is -0.352 e. The summed E-state index contributed by atoms with van der Waals surface area (Å²) in [5.74, 6) is 0.106. The molecule has 1 aliphatic heterocycles. The van der Waals surface area contributed by atoms with Gasteiger partial charge in [0.25, 0.3) is 0 Å². The Morgan fingerprint density at radius 3 is 2.66 bits per heavy atom. The van der Waals surface area contributed by atoms with Crippen molar-refractivity contribution in [3.63, 3.8) is 0 Å². The Morgan fingerprint density at radius 2 is 1.91 bits per heavy atom. The molecule has 1 N–H and O–H groups in total. The van der Waals surface area contributed by atoms with E-state index >= 15 is 0 Å². The van der Waals surface area contributed by atoms with Crippen LogP contribution in [0.2, 0.25) is 0 Å². The molecule has 4 rings (SSSR count). The van der Waals surface area contributed by atoms with Crippen LogP contribution in [-0.2, 0) is 17.8 Å². The number of hydrogen-bond donors (Lipinski definition) is 1. The molecule has 1 fully saturated rings. The monoisotopic (exact) mass is 426 g/mol. The Morgan fingerprint density at radius 1 is 1.09 bits per heavy atom. The van der Waals surface area contributed by atoms with E-state index < -0.39 is 5.41 Å². The van der Waals surface area contributed by atoms with Gasteiger partial charge < -0.3 is 5.32 Å². The van der Waals surface area contributed by atoms with Crippen LogP contribution in [0.5, 0.6) is 0 Å². The molecule has 1 atom stereocenters. The fraction of sp³-hybridized carbons (Fsp3) is 0.296. The van der Waals surface area contributed by atoms with Crippen molar-refractivity contribution in [2.75, 3.05) is 19.6 Å². The molecule has 3 heterocycles. The lowest BCUT2D eigenvalue weighted by molar-refractivity contribution is -0.134. The lowest BCUT2D eigenvalue weighted by Gasteiger charge is -2.42. The topological polar surface area (TPSA) is 58.1 Å². The van der Waals surface area contributed by atoms with Crippen molar-refractivity contribution in [2.45, 2.75) is 25.8 Å². The predicted molar refractivity (Wildman–Crippen MR) is 128 cm³/mol. The van der Waals surface area contributed by atoms with Crippen molar-refractivity contribution in [3.8, 4) is 11.1 Å². The average molecular weight is 427 g/mol. The quantitative estimate of drug-likeness (QED) is 0.547.